The number of rotatable bonds is 4. The van der Waals surface area contributed by atoms with Gasteiger partial charge in [0.15, 0.2) is 0 Å². The van der Waals surface area contributed by atoms with Gasteiger partial charge in [-0.05, 0) is 100 Å². The molecule has 10 rings (SSSR count). The van der Waals surface area contributed by atoms with E-state index in [2.05, 4.69) is 47.1 Å². The lowest BCUT2D eigenvalue weighted by Crippen LogP contribution is -2.58. The van der Waals surface area contributed by atoms with E-state index in [1.54, 1.807) is 23.0 Å². The van der Waals surface area contributed by atoms with Crippen LogP contribution >= 0.6 is 0 Å². The number of nitrogens with zero attached hydrogens (tertiary/aromatic N) is 9. The fraction of sp³-hybridized carbons (Fsp3) is 0.489. The van der Waals surface area contributed by atoms with Crippen LogP contribution in [0.5, 0.6) is 5.88 Å². The number of amides is 3. The van der Waals surface area contributed by atoms with E-state index >= 15 is 4.39 Å². The summed E-state index contributed by atoms with van der Waals surface area (Å²) in [7, 11) is 1.87. The summed E-state index contributed by atoms with van der Waals surface area (Å²) in [6.45, 7) is 9.16. The highest BCUT2D eigenvalue weighted by Crippen LogP contribution is 2.38. The number of piperidine rings is 2. The summed E-state index contributed by atoms with van der Waals surface area (Å²) >= 11 is 0. The quantitative estimate of drug-likeness (QED) is 0.231. The van der Waals surface area contributed by atoms with E-state index in [0.717, 1.165) is 91.3 Å². The van der Waals surface area contributed by atoms with Crippen LogP contribution in [0.15, 0.2) is 48.7 Å². The smallest absolute Gasteiger partial charge is 0.258 e. The highest BCUT2D eigenvalue weighted by molar-refractivity contribution is 6.05. The number of anilines is 3. The predicted molar refractivity (Wildman–Crippen MR) is 229 cm³/mol. The Hall–Kier alpha value is -5.90. The molecule has 1 saturated carbocycles. The lowest BCUT2D eigenvalue weighted by Gasteiger charge is -2.45. The third kappa shape index (κ3) is 7.59. The number of aromatic nitrogens is 6. The van der Waals surface area contributed by atoms with Crippen molar-refractivity contribution in [3.63, 3.8) is 0 Å². The minimum Gasteiger partial charge on any atom is -0.477 e. The van der Waals surface area contributed by atoms with Crippen LogP contribution < -0.4 is 25.2 Å². The standard InChI is InChI=1S/C45H52FN11O4/c1-26-18-30-20-37(48-26)33-22-47-53(3)44(33)61-25-29-5-4-28(19-29)23-57-40-21-31(6-8-36(40)50-45(57)52-42(30)59)54-14-16-55(17-15-54)39-12-13-56(24-34(39)46)38-10-9-35(49-27(38)2)32-7-11-41(58)51-43(32)60/h6,8-10,18,20-22,28-29,32,34,39H,4-5,7,11-17,19,23-25H2,1-3H3,(H,50,52,59)(H,51,58,60)/t28-,29+,32?,34+,39-/m1/s1. The van der Waals surface area contributed by atoms with Crippen molar-refractivity contribution < 1.29 is 23.5 Å². The van der Waals surface area contributed by atoms with Crippen LogP contribution in [0.3, 0.4) is 0 Å². The Morgan fingerprint density at radius 1 is 0.836 bits per heavy atom. The molecular formula is C45H52FN11O4. The average molecular weight is 830 g/mol. The van der Waals surface area contributed by atoms with Crippen molar-refractivity contribution in [2.24, 2.45) is 18.9 Å². The predicted octanol–water partition coefficient (Wildman–Crippen LogP) is 5.16. The van der Waals surface area contributed by atoms with Gasteiger partial charge < -0.3 is 19.1 Å². The second-order valence-electron chi connectivity index (χ2n) is 17.6. The molecule has 61 heavy (non-hydrogen) atoms. The Bertz CT molecular complexity index is 2530. The Labute approximate surface area is 353 Å². The number of carbonyl (C=O) groups excluding carboxylic acids is 3. The van der Waals surface area contributed by atoms with E-state index in [1.807, 2.05) is 39.1 Å². The Morgan fingerprint density at radius 3 is 2.48 bits per heavy atom. The number of imidazole rings is 1. The van der Waals surface area contributed by atoms with Gasteiger partial charge in [-0.15, -0.1) is 0 Å². The van der Waals surface area contributed by atoms with Crippen molar-refractivity contribution in [3.8, 4) is 17.1 Å². The molecule has 2 N–H and O–H groups in total. The first-order chi connectivity index (χ1) is 29.5. The van der Waals surface area contributed by atoms with Crippen LogP contribution in [0.4, 0.5) is 21.7 Å². The third-order valence-corrected chi connectivity index (χ3v) is 13.6. The van der Waals surface area contributed by atoms with E-state index < -0.39 is 12.1 Å². The molecule has 4 fully saturated rings. The van der Waals surface area contributed by atoms with E-state index in [1.165, 1.54) is 0 Å². The van der Waals surface area contributed by atoms with Gasteiger partial charge in [0.25, 0.3) is 5.91 Å². The maximum absolute atomic E-state index is 16.1. The first-order valence-corrected chi connectivity index (χ1v) is 21.7. The number of alkyl halides is 1. The highest BCUT2D eigenvalue weighted by atomic mass is 19.1. The second kappa shape index (κ2) is 15.9. The van der Waals surface area contributed by atoms with E-state index in [9.17, 15) is 14.4 Å². The van der Waals surface area contributed by atoms with Gasteiger partial charge in [-0.2, -0.15) is 5.10 Å². The van der Waals surface area contributed by atoms with Gasteiger partial charge in [-0.1, -0.05) is 0 Å². The molecule has 8 heterocycles. The van der Waals surface area contributed by atoms with Crippen molar-refractivity contribution in [1.29, 1.82) is 0 Å². The number of hydrogen-bond donors (Lipinski definition) is 2. The Balaban J connectivity index is 0.833. The molecule has 1 unspecified atom stereocenters. The number of halogens is 1. The normalized spacial score (nSPS) is 25.0. The van der Waals surface area contributed by atoms with Crippen molar-refractivity contribution >= 4 is 46.1 Å². The summed E-state index contributed by atoms with van der Waals surface area (Å²) in [5.41, 5.74) is 7.80. The fourth-order valence-corrected chi connectivity index (χ4v) is 10.3. The number of carbonyl (C=O) groups is 3. The van der Waals surface area contributed by atoms with Gasteiger partial charge in [0.05, 0.1) is 64.6 Å². The first kappa shape index (κ1) is 39.2. The lowest BCUT2D eigenvalue weighted by atomic mass is 9.93. The number of aryl methyl sites for hydroxylation is 3. The highest BCUT2D eigenvalue weighted by Gasteiger charge is 2.37. The van der Waals surface area contributed by atoms with E-state index in [4.69, 9.17) is 19.7 Å². The van der Waals surface area contributed by atoms with Crippen LogP contribution in [0, 0.1) is 25.7 Å². The number of nitrogens with one attached hydrogen (secondary N) is 2. The molecule has 0 radical (unpaired) electrons. The van der Waals surface area contributed by atoms with Gasteiger partial charge in [0.1, 0.15) is 6.17 Å². The molecule has 5 atom stereocenters. The van der Waals surface area contributed by atoms with Gasteiger partial charge in [-0.25, -0.2) is 14.1 Å². The minimum atomic E-state index is -1.02. The second-order valence-corrected chi connectivity index (χ2v) is 17.6. The molecule has 5 aliphatic rings. The fourth-order valence-electron chi connectivity index (χ4n) is 10.3. The molecule has 4 aromatic heterocycles. The lowest BCUT2D eigenvalue weighted by molar-refractivity contribution is -0.134. The number of piperazine rings is 1. The monoisotopic (exact) mass is 829 g/mol. The van der Waals surface area contributed by atoms with Crippen LogP contribution in [-0.2, 0) is 23.2 Å². The number of imide groups is 1. The molecule has 318 valence electrons. The summed E-state index contributed by atoms with van der Waals surface area (Å²) < 4.78 is 26.4. The third-order valence-electron chi connectivity index (χ3n) is 13.6. The molecule has 5 aromatic rings. The summed E-state index contributed by atoms with van der Waals surface area (Å²) in [6.07, 6.45) is 5.30. The van der Waals surface area contributed by atoms with Crippen molar-refractivity contribution in [2.75, 3.05) is 61.0 Å². The zero-order chi connectivity index (χ0) is 41.9. The van der Waals surface area contributed by atoms with E-state index in [-0.39, 0.29) is 30.3 Å². The molecule has 3 saturated heterocycles. The zero-order valence-electron chi connectivity index (χ0n) is 34.9. The molecule has 16 heteroatoms. The van der Waals surface area contributed by atoms with Gasteiger partial charge >= 0.3 is 0 Å². The van der Waals surface area contributed by atoms with E-state index in [0.29, 0.717) is 73.0 Å². The molecule has 0 spiro atoms. The van der Waals surface area contributed by atoms with Crippen molar-refractivity contribution in [3.05, 3.63) is 71.3 Å². The topological polar surface area (TPSA) is 156 Å². The maximum Gasteiger partial charge on any atom is 0.258 e. The summed E-state index contributed by atoms with van der Waals surface area (Å²) in [6, 6.07) is 13.6. The molecule has 1 aliphatic carbocycles. The van der Waals surface area contributed by atoms with Crippen molar-refractivity contribution in [2.45, 2.75) is 77.0 Å². The molecule has 4 bridgehead atoms. The van der Waals surface area contributed by atoms with Gasteiger partial charge in [-0.3, -0.25) is 39.9 Å². The Kier molecular flexibility index (Phi) is 10.2. The number of pyridine rings is 2. The molecule has 4 aliphatic heterocycles. The van der Waals surface area contributed by atoms with Crippen LogP contribution in [0.25, 0.3) is 22.3 Å². The van der Waals surface area contributed by atoms with Crippen LogP contribution in [0.2, 0.25) is 0 Å². The molecule has 3 amide bonds. The number of fused-ring (bicyclic) bond motifs is 9. The zero-order valence-corrected chi connectivity index (χ0v) is 34.9. The Morgan fingerprint density at radius 2 is 1.67 bits per heavy atom. The number of hydrogen-bond acceptors (Lipinski definition) is 11. The first-order valence-electron chi connectivity index (χ1n) is 21.7. The van der Waals surface area contributed by atoms with Gasteiger partial charge in [0.2, 0.25) is 23.6 Å². The summed E-state index contributed by atoms with van der Waals surface area (Å²) in [4.78, 5) is 59.3. The number of benzene rings is 1. The largest absolute Gasteiger partial charge is 0.477 e. The van der Waals surface area contributed by atoms with Gasteiger partial charge in [0, 0.05) is 75.7 Å². The van der Waals surface area contributed by atoms with Crippen molar-refractivity contribution in [1.82, 2.24) is 39.5 Å². The average Bonchev–Trinajstić information content (AvgIpc) is 3.95. The SMILES string of the molecule is Cc1cc2cc(n1)-c1cnn(C)c1OC[C@H]1CC[C@H](C1)Cn1c(nc3ccc(N4CCN([C@@H]5CCN(c6ccc(C7CCC(=O)NC7=O)nc6C)C[C@@H]5F)CC4)cc31)NC2=O. The van der Waals surface area contributed by atoms with Crippen LogP contribution in [0.1, 0.15) is 71.9 Å². The number of ether oxygens (including phenoxy) is 1. The molecular weight excluding hydrogens is 778 g/mol. The minimum absolute atomic E-state index is 0.166. The summed E-state index contributed by atoms with van der Waals surface area (Å²) in [5, 5.41) is 10.0. The van der Waals surface area contributed by atoms with Crippen LogP contribution in [-0.4, -0.2) is 110 Å². The maximum atomic E-state index is 16.1. The molecule has 15 nitrogen and oxygen atoms in total. The summed E-state index contributed by atoms with van der Waals surface area (Å²) in [5.74, 6) is 0.729. The molecule has 1 aromatic carbocycles.